The van der Waals surface area contributed by atoms with Gasteiger partial charge in [0.2, 0.25) is 0 Å². The van der Waals surface area contributed by atoms with E-state index in [1.54, 1.807) is 0 Å². The van der Waals surface area contributed by atoms with Crippen LogP contribution in [0.5, 0.6) is 0 Å². The van der Waals surface area contributed by atoms with Crippen LogP contribution in [0.25, 0.3) is 17.2 Å². The molecule has 0 fully saturated rings. The van der Waals surface area contributed by atoms with Crippen molar-refractivity contribution in [2.45, 2.75) is 46.6 Å². The van der Waals surface area contributed by atoms with Crippen molar-refractivity contribution >= 4 is 22.9 Å². The topological polar surface area (TPSA) is 40.8 Å². The first-order valence-electron chi connectivity index (χ1n) is 11.6. The molecule has 1 unspecified atom stereocenters. The van der Waals surface area contributed by atoms with Gasteiger partial charge in [-0.1, -0.05) is 68.7 Å². The van der Waals surface area contributed by atoms with E-state index in [4.69, 9.17) is 0 Å². The summed E-state index contributed by atoms with van der Waals surface area (Å²) in [7, 11) is 0. The molecule has 32 heavy (non-hydrogen) atoms. The van der Waals surface area contributed by atoms with Crippen molar-refractivity contribution in [3.8, 4) is 6.07 Å². The molecule has 2 heterocycles. The number of aromatic nitrogens is 1. The molecule has 162 valence electrons. The first-order valence-corrected chi connectivity index (χ1v) is 11.6. The Morgan fingerprint density at radius 3 is 2.28 bits per heavy atom. The first kappa shape index (κ1) is 21.7. The molecule has 2 aromatic carbocycles. The van der Waals surface area contributed by atoms with Crippen molar-refractivity contribution in [1.29, 1.82) is 5.26 Å². The molecule has 1 aliphatic heterocycles. The maximum atomic E-state index is 9.24. The van der Waals surface area contributed by atoms with Crippen molar-refractivity contribution in [3.05, 3.63) is 94.9 Å². The summed E-state index contributed by atoms with van der Waals surface area (Å²) >= 11 is 0. The van der Waals surface area contributed by atoms with Gasteiger partial charge in [0.25, 0.3) is 0 Å². The van der Waals surface area contributed by atoms with Gasteiger partial charge >= 0.3 is 0 Å². The summed E-state index contributed by atoms with van der Waals surface area (Å²) in [4.78, 5) is 0. The molecule has 3 nitrogen and oxygen atoms in total. The van der Waals surface area contributed by atoms with Gasteiger partial charge in [-0.2, -0.15) is 5.26 Å². The number of hydrogen-bond acceptors (Lipinski definition) is 2. The highest BCUT2D eigenvalue weighted by atomic mass is 15.0. The van der Waals surface area contributed by atoms with E-state index in [0.717, 1.165) is 28.9 Å². The van der Waals surface area contributed by atoms with Crippen LogP contribution in [-0.2, 0) is 6.54 Å². The van der Waals surface area contributed by atoms with Crippen LogP contribution in [0.15, 0.2) is 67.0 Å². The summed E-state index contributed by atoms with van der Waals surface area (Å²) in [5, 5.41) is 12.8. The third-order valence-corrected chi connectivity index (χ3v) is 6.37. The molecule has 1 aliphatic rings. The predicted molar refractivity (Wildman–Crippen MR) is 135 cm³/mol. The smallest absolute Gasteiger partial charge is 0.0991 e. The van der Waals surface area contributed by atoms with Crippen molar-refractivity contribution in [2.75, 3.05) is 5.32 Å². The van der Waals surface area contributed by atoms with Crippen LogP contribution >= 0.6 is 0 Å². The summed E-state index contributed by atoms with van der Waals surface area (Å²) in [6, 6.07) is 21.0. The SMILES string of the molecule is CCCC(CC)Cn1ccc2c1C=C(c1ccc(C#N)cc1)C(c1ccc(C)cc1)=CN2. The number of benzene rings is 2. The lowest BCUT2D eigenvalue weighted by Crippen LogP contribution is -2.10. The zero-order valence-corrected chi connectivity index (χ0v) is 19.2. The Bertz CT molecular complexity index is 1170. The number of nitriles is 1. The molecule has 0 aliphatic carbocycles. The number of fused-ring (bicyclic) bond motifs is 1. The van der Waals surface area contributed by atoms with Gasteiger partial charge in [0.1, 0.15) is 0 Å². The van der Waals surface area contributed by atoms with Crippen LogP contribution in [0, 0.1) is 24.2 Å². The minimum atomic E-state index is 0.677. The summed E-state index contributed by atoms with van der Waals surface area (Å²) in [6.07, 6.45) is 10.3. The van der Waals surface area contributed by atoms with E-state index in [0.29, 0.717) is 11.5 Å². The zero-order valence-electron chi connectivity index (χ0n) is 19.2. The molecule has 0 bridgehead atoms. The second-order valence-corrected chi connectivity index (χ2v) is 8.65. The summed E-state index contributed by atoms with van der Waals surface area (Å²) < 4.78 is 2.39. The Morgan fingerprint density at radius 2 is 1.62 bits per heavy atom. The Balaban J connectivity index is 1.81. The lowest BCUT2D eigenvalue weighted by molar-refractivity contribution is 0.399. The minimum Gasteiger partial charge on any atom is -0.359 e. The lowest BCUT2D eigenvalue weighted by atomic mass is 9.91. The average molecular weight is 422 g/mol. The first-order chi connectivity index (χ1) is 15.6. The molecular formula is C29H31N3. The molecule has 0 amide bonds. The number of rotatable bonds is 7. The van der Waals surface area contributed by atoms with Crippen molar-refractivity contribution in [2.24, 2.45) is 5.92 Å². The van der Waals surface area contributed by atoms with E-state index in [-0.39, 0.29) is 0 Å². The molecule has 0 spiro atoms. The molecule has 1 atom stereocenters. The fourth-order valence-corrected chi connectivity index (χ4v) is 4.42. The van der Waals surface area contributed by atoms with E-state index in [1.807, 2.05) is 12.1 Å². The second kappa shape index (κ2) is 9.75. The maximum absolute atomic E-state index is 9.24. The van der Waals surface area contributed by atoms with Crippen LogP contribution in [0.2, 0.25) is 0 Å². The maximum Gasteiger partial charge on any atom is 0.0991 e. The Kier molecular flexibility index (Phi) is 6.61. The molecule has 0 radical (unpaired) electrons. The molecule has 0 saturated carbocycles. The van der Waals surface area contributed by atoms with E-state index in [1.165, 1.54) is 36.1 Å². The van der Waals surface area contributed by atoms with Crippen LogP contribution in [0.3, 0.4) is 0 Å². The van der Waals surface area contributed by atoms with Crippen LogP contribution < -0.4 is 5.32 Å². The van der Waals surface area contributed by atoms with E-state index >= 15 is 0 Å². The zero-order chi connectivity index (χ0) is 22.5. The predicted octanol–water partition coefficient (Wildman–Crippen LogP) is 7.50. The van der Waals surface area contributed by atoms with E-state index in [2.05, 4.69) is 97.7 Å². The van der Waals surface area contributed by atoms with Crippen molar-refractivity contribution in [3.63, 3.8) is 0 Å². The molecule has 0 saturated heterocycles. The Morgan fingerprint density at radius 1 is 0.938 bits per heavy atom. The van der Waals surface area contributed by atoms with E-state index in [9.17, 15) is 5.26 Å². The van der Waals surface area contributed by atoms with Crippen LogP contribution in [-0.4, -0.2) is 4.57 Å². The van der Waals surface area contributed by atoms with Gasteiger partial charge in [0, 0.05) is 24.5 Å². The Labute approximate surface area is 191 Å². The van der Waals surface area contributed by atoms with Gasteiger partial charge in [-0.05, 0) is 60.2 Å². The molecule has 1 aromatic heterocycles. The van der Waals surface area contributed by atoms with Gasteiger partial charge in [-0.25, -0.2) is 0 Å². The van der Waals surface area contributed by atoms with Gasteiger partial charge in [-0.15, -0.1) is 0 Å². The minimum absolute atomic E-state index is 0.677. The monoisotopic (exact) mass is 421 g/mol. The van der Waals surface area contributed by atoms with Crippen molar-refractivity contribution < 1.29 is 0 Å². The number of anilines is 1. The fourth-order valence-electron chi connectivity index (χ4n) is 4.42. The van der Waals surface area contributed by atoms with Gasteiger partial charge in [0.15, 0.2) is 0 Å². The normalized spacial score (nSPS) is 13.8. The largest absolute Gasteiger partial charge is 0.359 e. The number of allylic oxidation sites excluding steroid dienone is 2. The highest BCUT2D eigenvalue weighted by molar-refractivity contribution is 6.12. The number of aryl methyl sites for hydroxylation is 1. The van der Waals surface area contributed by atoms with Gasteiger partial charge < -0.3 is 9.88 Å². The standard InChI is InChI=1S/C29H31N3/c1-4-6-22(5-2)20-32-16-15-28-29(32)17-26(24-13-9-23(18-30)10-14-24)27(19-31-28)25-11-7-21(3)8-12-25/h7-17,19,22,31H,4-6,20H2,1-3H3. The number of nitrogens with one attached hydrogen (secondary N) is 1. The fraction of sp³-hybridized carbons (Fsp3) is 0.276. The summed E-state index contributed by atoms with van der Waals surface area (Å²) in [5.41, 5.74) is 8.85. The molecule has 4 rings (SSSR count). The third-order valence-electron chi connectivity index (χ3n) is 6.37. The lowest BCUT2D eigenvalue weighted by Gasteiger charge is -2.17. The van der Waals surface area contributed by atoms with Gasteiger partial charge in [-0.3, -0.25) is 0 Å². The van der Waals surface area contributed by atoms with Crippen LogP contribution in [0.4, 0.5) is 5.69 Å². The molecule has 3 heteroatoms. The summed E-state index contributed by atoms with van der Waals surface area (Å²) in [6.45, 7) is 7.69. The average Bonchev–Trinajstić information content (AvgIpc) is 3.09. The Hall–Kier alpha value is -3.51. The molecular weight excluding hydrogens is 390 g/mol. The molecule has 3 aromatic rings. The number of hydrogen-bond donors (Lipinski definition) is 1. The third kappa shape index (κ3) is 4.55. The highest BCUT2D eigenvalue weighted by Crippen LogP contribution is 2.38. The van der Waals surface area contributed by atoms with Crippen LogP contribution in [0.1, 0.15) is 61.1 Å². The molecule has 1 N–H and O–H groups in total. The van der Waals surface area contributed by atoms with E-state index < -0.39 is 0 Å². The second-order valence-electron chi connectivity index (χ2n) is 8.65. The quantitative estimate of drug-likeness (QED) is 0.429. The van der Waals surface area contributed by atoms with Gasteiger partial charge in [0.05, 0.1) is 23.0 Å². The van der Waals surface area contributed by atoms with Crippen molar-refractivity contribution in [1.82, 2.24) is 4.57 Å². The number of nitrogens with zero attached hydrogens (tertiary/aromatic N) is 2. The summed E-state index contributed by atoms with van der Waals surface area (Å²) in [5.74, 6) is 0.677. The highest BCUT2D eigenvalue weighted by Gasteiger charge is 2.19.